The maximum absolute atomic E-state index is 13.7. The number of ether oxygens (including phenoxy) is 2. The molecular weight excluding hydrogens is 451 g/mol. The molecule has 188 valence electrons. The van der Waals surface area contributed by atoms with Crippen LogP contribution >= 0.6 is 0 Å². The Hall–Kier alpha value is -2.97. The number of benzene rings is 2. The molecule has 0 unspecified atom stereocenters. The lowest BCUT2D eigenvalue weighted by Crippen LogP contribution is -2.60. The van der Waals surface area contributed by atoms with Crippen molar-refractivity contribution in [1.29, 1.82) is 0 Å². The van der Waals surface area contributed by atoms with Crippen molar-refractivity contribution in [3.63, 3.8) is 0 Å². The summed E-state index contributed by atoms with van der Waals surface area (Å²) in [6, 6.07) is 13.9. The van der Waals surface area contributed by atoms with E-state index < -0.39 is 23.3 Å². The van der Waals surface area contributed by atoms with Gasteiger partial charge in [0, 0.05) is 6.54 Å². The summed E-state index contributed by atoms with van der Waals surface area (Å²) < 4.78 is 24.9. The van der Waals surface area contributed by atoms with E-state index >= 15 is 0 Å². The van der Waals surface area contributed by atoms with Crippen molar-refractivity contribution in [2.45, 2.75) is 63.3 Å². The summed E-state index contributed by atoms with van der Waals surface area (Å²) in [5, 5.41) is 12.7. The monoisotopic (exact) mass is 484 g/mol. The minimum absolute atomic E-state index is 0.00914. The zero-order valence-corrected chi connectivity index (χ0v) is 20.4. The minimum atomic E-state index is -1.01. The molecule has 2 aliphatic rings. The van der Waals surface area contributed by atoms with Crippen LogP contribution in [0.25, 0.3) is 0 Å². The molecule has 7 nitrogen and oxygen atoms in total. The summed E-state index contributed by atoms with van der Waals surface area (Å²) in [7, 11) is 0. The van der Waals surface area contributed by atoms with E-state index in [4.69, 9.17) is 9.47 Å². The number of hydrogen-bond acceptors (Lipinski definition) is 5. The molecule has 0 bridgehead atoms. The predicted octanol–water partition coefficient (Wildman–Crippen LogP) is 3.73. The second kappa shape index (κ2) is 9.95. The van der Waals surface area contributed by atoms with Gasteiger partial charge in [-0.3, -0.25) is 4.79 Å². The van der Waals surface area contributed by atoms with Gasteiger partial charge in [0.2, 0.25) is 0 Å². The highest BCUT2D eigenvalue weighted by atomic mass is 19.1. The van der Waals surface area contributed by atoms with Crippen LogP contribution < -0.4 is 5.32 Å². The molecule has 35 heavy (non-hydrogen) atoms. The molecule has 2 aromatic rings. The van der Waals surface area contributed by atoms with Gasteiger partial charge in [-0.25, -0.2) is 9.18 Å². The molecule has 0 aromatic heterocycles. The van der Waals surface area contributed by atoms with Crippen LogP contribution in [-0.2, 0) is 20.7 Å². The Balaban J connectivity index is 1.51. The second-order valence-electron chi connectivity index (χ2n) is 10.3. The van der Waals surface area contributed by atoms with E-state index in [2.05, 4.69) is 11.4 Å². The molecule has 4 rings (SSSR count). The highest BCUT2D eigenvalue weighted by molar-refractivity contribution is 5.82. The summed E-state index contributed by atoms with van der Waals surface area (Å²) in [6.07, 6.45) is 0.0775. The molecular formula is C27H33FN2O5. The Morgan fingerprint density at radius 3 is 2.54 bits per heavy atom. The van der Waals surface area contributed by atoms with Gasteiger partial charge in [-0.15, -0.1) is 0 Å². The van der Waals surface area contributed by atoms with Gasteiger partial charge in [-0.05, 0) is 68.9 Å². The van der Waals surface area contributed by atoms with E-state index in [1.54, 1.807) is 37.8 Å². The van der Waals surface area contributed by atoms with Gasteiger partial charge in [0.05, 0.1) is 24.8 Å². The maximum atomic E-state index is 13.7. The van der Waals surface area contributed by atoms with Crippen molar-refractivity contribution in [3.8, 4) is 0 Å². The first-order valence-corrected chi connectivity index (χ1v) is 12.0. The van der Waals surface area contributed by atoms with Crippen LogP contribution in [0.15, 0.2) is 48.5 Å². The maximum Gasteiger partial charge on any atom is 0.408 e. The lowest BCUT2D eigenvalue weighted by molar-refractivity contribution is -0.153. The van der Waals surface area contributed by atoms with Crippen LogP contribution in [0, 0.1) is 5.82 Å². The van der Waals surface area contributed by atoms with Gasteiger partial charge in [-0.1, -0.05) is 36.4 Å². The highest BCUT2D eigenvalue weighted by Gasteiger charge is 2.43. The molecule has 2 amide bonds. The number of alkyl carbamates (subject to hydrolysis) is 1. The summed E-state index contributed by atoms with van der Waals surface area (Å²) >= 11 is 0. The smallest absolute Gasteiger partial charge is 0.408 e. The molecule has 0 spiro atoms. The third-order valence-corrected chi connectivity index (χ3v) is 6.54. The van der Waals surface area contributed by atoms with Gasteiger partial charge in [0.1, 0.15) is 17.5 Å². The van der Waals surface area contributed by atoms with Gasteiger partial charge in [-0.2, -0.15) is 0 Å². The minimum Gasteiger partial charge on any atom is -0.444 e. The molecule has 0 radical (unpaired) electrons. The molecule has 0 aliphatic carbocycles. The van der Waals surface area contributed by atoms with Crippen molar-refractivity contribution < 1.29 is 28.6 Å². The molecule has 1 fully saturated rings. The number of carbonyl (C=O) groups is 2. The molecule has 8 heteroatoms. The highest BCUT2D eigenvalue weighted by Crippen LogP contribution is 2.37. The number of rotatable bonds is 4. The number of nitrogens with zero attached hydrogens (tertiary/aromatic N) is 1. The number of aliphatic hydroxyl groups is 1. The SMILES string of the molecule is CC(C)(C)OC(=O)N[C@]1(CO)CC[C@@H](C(=O)N2CCc3ccccc3[C@@H]2c2ccc(F)cc2)OC1. The summed E-state index contributed by atoms with van der Waals surface area (Å²) in [5.74, 6) is -0.484. The molecule has 3 atom stereocenters. The number of fused-ring (bicyclic) bond motifs is 1. The molecule has 2 aromatic carbocycles. The van der Waals surface area contributed by atoms with E-state index in [0.29, 0.717) is 25.8 Å². The van der Waals surface area contributed by atoms with Crippen molar-refractivity contribution in [2.75, 3.05) is 19.8 Å². The van der Waals surface area contributed by atoms with Crippen LogP contribution in [0.5, 0.6) is 0 Å². The first-order chi connectivity index (χ1) is 16.6. The van der Waals surface area contributed by atoms with Gasteiger partial charge < -0.3 is 24.8 Å². The first kappa shape index (κ1) is 25.1. The number of aliphatic hydroxyl groups excluding tert-OH is 1. The average Bonchev–Trinajstić information content (AvgIpc) is 2.83. The fraction of sp³-hybridized carbons (Fsp3) is 0.481. The fourth-order valence-corrected chi connectivity index (χ4v) is 4.79. The van der Waals surface area contributed by atoms with Gasteiger partial charge in [0.15, 0.2) is 0 Å². The van der Waals surface area contributed by atoms with Gasteiger partial charge in [0.25, 0.3) is 5.91 Å². The standard InChI is InChI=1S/C27H33FN2O5/c1-26(2,3)35-25(33)29-27(16-31)14-12-22(34-17-27)24(32)30-15-13-18-6-4-5-7-21(18)23(30)19-8-10-20(28)11-9-19/h4-11,22-23,31H,12-17H2,1-3H3,(H,29,33)/t22-,23-,27-/m0/s1. The number of halogens is 1. The number of nitrogens with one attached hydrogen (secondary N) is 1. The Labute approximate surface area is 205 Å². The molecule has 2 aliphatic heterocycles. The number of carbonyl (C=O) groups excluding carboxylic acids is 2. The van der Waals surface area contributed by atoms with Gasteiger partial charge >= 0.3 is 6.09 Å². The lowest BCUT2D eigenvalue weighted by Gasteiger charge is -2.43. The summed E-state index contributed by atoms with van der Waals surface area (Å²) in [5.41, 5.74) is 1.33. The summed E-state index contributed by atoms with van der Waals surface area (Å²) in [6.45, 7) is 5.46. The summed E-state index contributed by atoms with van der Waals surface area (Å²) in [4.78, 5) is 27.8. The van der Waals surface area contributed by atoms with Crippen LogP contribution in [0.2, 0.25) is 0 Å². The predicted molar refractivity (Wildman–Crippen MR) is 128 cm³/mol. The van der Waals surface area contributed by atoms with Crippen LogP contribution in [0.3, 0.4) is 0 Å². The van der Waals surface area contributed by atoms with E-state index in [1.807, 2.05) is 18.2 Å². The van der Waals surface area contributed by atoms with Crippen molar-refractivity contribution >= 4 is 12.0 Å². The van der Waals surface area contributed by atoms with Crippen molar-refractivity contribution in [2.24, 2.45) is 0 Å². The van der Waals surface area contributed by atoms with E-state index in [9.17, 15) is 19.1 Å². The van der Waals surface area contributed by atoms with E-state index in [-0.39, 0.29) is 31.0 Å². The largest absolute Gasteiger partial charge is 0.444 e. The number of hydrogen-bond donors (Lipinski definition) is 2. The van der Waals surface area contributed by atoms with Crippen molar-refractivity contribution in [1.82, 2.24) is 10.2 Å². The lowest BCUT2D eigenvalue weighted by atomic mass is 9.86. The van der Waals surface area contributed by atoms with Crippen LogP contribution in [0.1, 0.15) is 56.3 Å². The Morgan fingerprint density at radius 2 is 1.91 bits per heavy atom. The molecule has 2 heterocycles. The Bertz CT molecular complexity index is 1060. The topological polar surface area (TPSA) is 88.1 Å². The Morgan fingerprint density at radius 1 is 1.20 bits per heavy atom. The first-order valence-electron chi connectivity index (χ1n) is 12.0. The fourth-order valence-electron chi connectivity index (χ4n) is 4.79. The quantitative estimate of drug-likeness (QED) is 0.691. The van der Waals surface area contributed by atoms with Crippen LogP contribution in [0.4, 0.5) is 9.18 Å². The second-order valence-corrected chi connectivity index (χ2v) is 10.3. The van der Waals surface area contributed by atoms with E-state index in [1.165, 1.54) is 12.1 Å². The zero-order chi connectivity index (χ0) is 25.2. The third kappa shape index (κ3) is 5.65. The van der Waals surface area contributed by atoms with E-state index in [0.717, 1.165) is 16.7 Å². The zero-order valence-electron chi connectivity index (χ0n) is 20.4. The average molecular weight is 485 g/mol. The number of amides is 2. The molecule has 2 N–H and O–H groups in total. The van der Waals surface area contributed by atoms with Crippen LogP contribution in [-0.4, -0.2) is 59.0 Å². The normalized spacial score (nSPS) is 24.4. The third-order valence-electron chi connectivity index (χ3n) is 6.54. The molecule has 1 saturated heterocycles. The molecule has 0 saturated carbocycles. The van der Waals surface area contributed by atoms with Crippen molar-refractivity contribution in [3.05, 3.63) is 71.0 Å². The Kier molecular flexibility index (Phi) is 7.15.